The molecule has 48 heavy (non-hydrogen) atoms. The molecule has 0 spiro atoms. The second kappa shape index (κ2) is 16.0. The third-order valence-electron chi connectivity index (χ3n) is 7.69. The lowest BCUT2D eigenvalue weighted by atomic mass is 10.0. The van der Waals surface area contributed by atoms with Crippen molar-refractivity contribution in [3.05, 3.63) is 89.5 Å². The second-order valence-corrected chi connectivity index (χ2v) is 14.2. The Balaban J connectivity index is 1.44. The Kier molecular flexibility index (Phi) is 12.3. The number of carbonyl (C=O) groups excluding carboxylic acids is 1. The van der Waals surface area contributed by atoms with E-state index in [-0.39, 0.29) is 46.7 Å². The van der Waals surface area contributed by atoms with Crippen LogP contribution in [0.1, 0.15) is 53.7 Å². The molecular formula is C32H33F5N2O7S2. The number of nitrogens with zero attached hydrogens (tertiary/aromatic N) is 1. The van der Waals surface area contributed by atoms with Crippen molar-refractivity contribution >= 4 is 39.4 Å². The van der Waals surface area contributed by atoms with Gasteiger partial charge in [0.1, 0.15) is 5.75 Å². The standard InChI is InChI=1S/C32H33F5N2O7S2/c1-2-48(43,44)27-13-5-20(6-14-27)28(15-16-29(40)41)38-30(42)21-3-9-23(10-4-21)39-18-26(17-24(39)19-45-31(33)34)47-46-25-11-7-22(8-12-25)32(35,36)37/h3-14,24,26,28,31H,2,15-19H2,1H3,(H,38,42)(H,40,41)/t24-,26?,28-/m0/s1. The van der Waals surface area contributed by atoms with Gasteiger partial charge in [0.2, 0.25) is 0 Å². The van der Waals surface area contributed by atoms with Crippen molar-refractivity contribution < 1.29 is 54.0 Å². The maximum Gasteiger partial charge on any atom is 0.416 e. The Morgan fingerprint density at radius 3 is 2.23 bits per heavy atom. The summed E-state index contributed by atoms with van der Waals surface area (Å²) in [7, 11) is -3.45. The predicted octanol–water partition coefficient (Wildman–Crippen LogP) is 6.75. The summed E-state index contributed by atoms with van der Waals surface area (Å²) in [5, 5.41) is 11.8. The summed E-state index contributed by atoms with van der Waals surface area (Å²) in [4.78, 5) is 26.4. The highest BCUT2D eigenvalue weighted by molar-refractivity contribution is 7.95. The highest BCUT2D eigenvalue weighted by Crippen LogP contribution is 2.35. The number of anilines is 1. The van der Waals surface area contributed by atoms with E-state index in [2.05, 4.69) is 10.1 Å². The number of nitrogens with one attached hydrogen (secondary N) is 1. The molecule has 3 atom stereocenters. The molecule has 3 aromatic rings. The predicted molar refractivity (Wildman–Crippen MR) is 169 cm³/mol. The molecule has 1 aliphatic heterocycles. The van der Waals surface area contributed by atoms with E-state index in [4.69, 9.17) is 4.18 Å². The van der Waals surface area contributed by atoms with Crippen molar-refractivity contribution in [1.82, 2.24) is 5.32 Å². The Hall–Kier alpha value is -3.89. The summed E-state index contributed by atoms with van der Waals surface area (Å²) in [5.41, 5.74) is 0.544. The van der Waals surface area contributed by atoms with Gasteiger partial charge in [0, 0.05) is 24.2 Å². The lowest BCUT2D eigenvalue weighted by molar-refractivity contribution is -0.138. The monoisotopic (exact) mass is 716 g/mol. The summed E-state index contributed by atoms with van der Waals surface area (Å²) in [5.74, 6) is -1.47. The van der Waals surface area contributed by atoms with Gasteiger partial charge in [-0.1, -0.05) is 19.1 Å². The van der Waals surface area contributed by atoms with Crippen LogP contribution < -0.4 is 14.4 Å². The van der Waals surface area contributed by atoms with Gasteiger partial charge in [-0.2, -0.15) is 22.0 Å². The molecule has 1 fully saturated rings. The molecule has 260 valence electrons. The first-order valence-corrected chi connectivity index (χ1v) is 17.2. The van der Waals surface area contributed by atoms with Gasteiger partial charge in [-0.3, -0.25) is 9.59 Å². The number of hydrogen-bond donors (Lipinski definition) is 2. The van der Waals surface area contributed by atoms with Crippen LogP contribution >= 0.6 is 12.0 Å². The molecule has 1 heterocycles. The van der Waals surface area contributed by atoms with Crippen LogP contribution in [-0.2, 0) is 25.5 Å². The number of ether oxygens (including phenoxy) is 1. The van der Waals surface area contributed by atoms with Gasteiger partial charge in [-0.25, -0.2) is 8.42 Å². The van der Waals surface area contributed by atoms with E-state index >= 15 is 0 Å². The molecule has 3 aromatic carbocycles. The minimum atomic E-state index is -4.48. The van der Waals surface area contributed by atoms with Crippen LogP contribution in [0.2, 0.25) is 0 Å². The van der Waals surface area contributed by atoms with E-state index in [0.717, 1.165) is 24.2 Å². The van der Waals surface area contributed by atoms with Gasteiger partial charge in [-0.15, -0.1) is 0 Å². The average molecular weight is 717 g/mol. The number of hydrogen-bond acceptors (Lipinski definition) is 8. The van der Waals surface area contributed by atoms with E-state index in [1.807, 2.05) is 4.90 Å². The Labute approximate surface area is 278 Å². The first-order chi connectivity index (χ1) is 22.7. The lowest BCUT2D eigenvalue weighted by Crippen LogP contribution is -2.34. The van der Waals surface area contributed by atoms with Crippen LogP contribution in [0.25, 0.3) is 0 Å². The normalized spacial score (nSPS) is 17.4. The fourth-order valence-corrected chi connectivity index (χ4v) is 6.90. The number of carboxylic acids is 1. The third kappa shape index (κ3) is 10.1. The van der Waals surface area contributed by atoms with E-state index in [0.29, 0.717) is 24.2 Å². The number of sulfone groups is 1. The SMILES string of the molecule is CCS(=O)(=O)c1ccc([C@H](CCC(=O)O)NC(=O)c2ccc(N3CC(SOc4ccc(C(F)(F)F)cc4)C[C@H]3COC(F)F)cc2)cc1. The molecule has 0 saturated carbocycles. The Bertz CT molecular complexity index is 1640. The number of amides is 1. The lowest BCUT2D eigenvalue weighted by Gasteiger charge is -2.26. The first kappa shape index (κ1) is 36.9. The van der Waals surface area contributed by atoms with E-state index in [9.17, 15) is 45.1 Å². The molecule has 0 aliphatic carbocycles. The molecule has 2 N–H and O–H groups in total. The minimum absolute atomic E-state index is 0.0478. The zero-order valence-electron chi connectivity index (χ0n) is 25.5. The molecule has 0 radical (unpaired) electrons. The quantitative estimate of drug-likeness (QED) is 0.130. The number of benzene rings is 3. The summed E-state index contributed by atoms with van der Waals surface area (Å²) in [6.45, 7) is -1.45. The topological polar surface area (TPSA) is 122 Å². The van der Waals surface area contributed by atoms with Crippen molar-refractivity contribution in [2.45, 2.75) is 61.2 Å². The van der Waals surface area contributed by atoms with Crippen LogP contribution in [0.15, 0.2) is 77.7 Å². The Morgan fingerprint density at radius 2 is 1.67 bits per heavy atom. The van der Waals surface area contributed by atoms with E-state index < -0.39 is 52.1 Å². The molecule has 9 nitrogen and oxygen atoms in total. The molecule has 1 amide bonds. The van der Waals surface area contributed by atoms with Crippen molar-refractivity contribution in [2.24, 2.45) is 0 Å². The maximum absolute atomic E-state index is 13.2. The number of rotatable bonds is 15. The third-order valence-corrected chi connectivity index (χ3v) is 10.3. The average Bonchev–Trinajstić information content (AvgIpc) is 3.47. The number of carboxylic acid groups (broad SMARTS) is 1. The summed E-state index contributed by atoms with van der Waals surface area (Å²) in [6.07, 6.45) is -4.32. The van der Waals surface area contributed by atoms with Crippen molar-refractivity contribution in [3.63, 3.8) is 0 Å². The molecule has 1 aliphatic rings. The van der Waals surface area contributed by atoms with Gasteiger partial charge in [0.25, 0.3) is 5.91 Å². The van der Waals surface area contributed by atoms with E-state index in [1.54, 1.807) is 12.1 Å². The number of halogens is 5. The summed E-state index contributed by atoms with van der Waals surface area (Å²) >= 11 is 1.00. The van der Waals surface area contributed by atoms with Crippen LogP contribution in [0.4, 0.5) is 27.6 Å². The van der Waals surface area contributed by atoms with Crippen molar-refractivity contribution in [2.75, 3.05) is 23.8 Å². The molecule has 0 aromatic heterocycles. The van der Waals surface area contributed by atoms with Gasteiger partial charge in [0.05, 0.1) is 52.2 Å². The zero-order valence-corrected chi connectivity index (χ0v) is 27.2. The molecule has 4 rings (SSSR count). The van der Waals surface area contributed by atoms with Crippen LogP contribution in [-0.4, -0.2) is 62.2 Å². The fourth-order valence-electron chi connectivity index (χ4n) is 5.13. The maximum atomic E-state index is 13.2. The molecule has 1 unspecified atom stereocenters. The Morgan fingerprint density at radius 1 is 1.02 bits per heavy atom. The molecule has 0 bridgehead atoms. The molecule has 16 heteroatoms. The second-order valence-electron chi connectivity index (χ2n) is 10.9. The zero-order chi connectivity index (χ0) is 35.1. The van der Waals surface area contributed by atoms with Gasteiger partial charge >= 0.3 is 18.8 Å². The smallest absolute Gasteiger partial charge is 0.416 e. The number of carbonyl (C=O) groups is 2. The highest BCUT2D eigenvalue weighted by Gasteiger charge is 2.35. The van der Waals surface area contributed by atoms with Crippen molar-refractivity contribution in [3.8, 4) is 5.75 Å². The first-order valence-electron chi connectivity index (χ1n) is 14.8. The minimum Gasteiger partial charge on any atom is -0.481 e. The molecular weight excluding hydrogens is 683 g/mol. The van der Waals surface area contributed by atoms with Gasteiger partial charge in [-0.05, 0) is 79.1 Å². The number of aliphatic carboxylic acids is 1. The molecule has 1 saturated heterocycles. The fraction of sp³-hybridized carbons (Fsp3) is 0.375. The largest absolute Gasteiger partial charge is 0.481 e. The highest BCUT2D eigenvalue weighted by atomic mass is 32.2. The van der Waals surface area contributed by atoms with Gasteiger partial charge in [0.15, 0.2) is 9.84 Å². The van der Waals surface area contributed by atoms with Crippen LogP contribution in [0, 0.1) is 0 Å². The van der Waals surface area contributed by atoms with Gasteiger partial charge < -0.3 is 24.2 Å². The van der Waals surface area contributed by atoms with Crippen LogP contribution in [0.5, 0.6) is 5.75 Å². The van der Waals surface area contributed by atoms with E-state index in [1.165, 1.54) is 55.5 Å². The van der Waals surface area contributed by atoms with Crippen molar-refractivity contribution in [1.29, 1.82) is 0 Å². The summed E-state index contributed by atoms with van der Waals surface area (Å²) in [6, 6.07) is 15.2. The summed E-state index contributed by atoms with van der Waals surface area (Å²) < 4.78 is 99.0. The van der Waals surface area contributed by atoms with Crippen LogP contribution in [0.3, 0.4) is 0 Å². The number of alkyl halides is 5.